The Bertz CT molecular complexity index is 392. The zero-order valence-corrected chi connectivity index (χ0v) is 7.05. The van der Waals surface area contributed by atoms with Crippen molar-refractivity contribution in [3.05, 3.63) is 24.3 Å². The summed E-state index contributed by atoms with van der Waals surface area (Å²) in [7, 11) is 1.96. The molecular formula is C9H12N2S. The summed E-state index contributed by atoms with van der Waals surface area (Å²) in [5.41, 5.74) is 2.12. The van der Waals surface area contributed by atoms with E-state index in [-0.39, 0.29) is 7.43 Å². The Morgan fingerprint density at radius 3 is 2.67 bits per heavy atom. The first-order valence-corrected chi connectivity index (χ1v) is 3.84. The lowest BCUT2D eigenvalue weighted by atomic mass is 10.3. The van der Waals surface area contributed by atoms with Crippen LogP contribution in [0.1, 0.15) is 7.43 Å². The molecule has 64 valence electrons. The van der Waals surface area contributed by atoms with Crippen LogP contribution in [0.5, 0.6) is 0 Å². The number of aromatic nitrogens is 2. The number of hydrogen-bond donors (Lipinski definition) is 1. The van der Waals surface area contributed by atoms with E-state index in [9.17, 15) is 0 Å². The van der Waals surface area contributed by atoms with Gasteiger partial charge in [-0.15, -0.1) is 12.6 Å². The van der Waals surface area contributed by atoms with Gasteiger partial charge in [0.05, 0.1) is 11.0 Å². The van der Waals surface area contributed by atoms with Gasteiger partial charge in [0.2, 0.25) is 0 Å². The van der Waals surface area contributed by atoms with Crippen molar-refractivity contribution < 1.29 is 0 Å². The maximum Gasteiger partial charge on any atom is 0.165 e. The van der Waals surface area contributed by atoms with E-state index in [1.807, 2.05) is 35.9 Å². The number of hydrogen-bond acceptors (Lipinski definition) is 2. The Hall–Kier alpha value is -0.960. The fourth-order valence-electron chi connectivity index (χ4n) is 1.13. The molecule has 1 heterocycles. The minimum absolute atomic E-state index is 0. The smallest absolute Gasteiger partial charge is 0.165 e. The second kappa shape index (κ2) is 3.19. The van der Waals surface area contributed by atoms with Crippen LogP contribution in [-0.2, 0) is 7.05 Å². The van der Waals surface area contributed by atoms with Gasteiger partial charge in [-0.25, -0.2) is 4.98 Å². The van der Waals surface area contributed by atoms with Crippen LogP contribution in [0.4, 0.5) is 0 Å². The number of imidazole rings is 1. The molecule has 0 aliphatic rings. The SMILES string of the molecule is C.Cn1c(S)nc2ccccc21. The summed E-state index contributed by atoms with van der Waals surface area (Å²) < 4.78 is 1.96. The van der Waals surface area contributed by atoms with Crippen LogP contribution in [0.2, 0.25) is 0 Å². The topological polar surface area (TPSA) is 17.8 Å². The highest BCUT2D eigenvalue weighted by Gasteiger charge is 2.00. The molecule has 2 aromatic rings. The van der Waals surface area contributed by atoms with Crippen molar-refractivity contribution >= 4 is 23.7 Å². The van der Waals surface area contributed by atoms with E-state index in [0.717, 1.165) is 16.2 Å². The summed E-state index contributed by atoms with van der Waals surface area (Å²) in [5.74, 6) is 0. The van der Waals surface area contributed by atoms with Crippen molar-refractivity contribution in [3.63, 3.8) is 0 Å². The van der Waals surface area contributed by atoms with Crippen molar-refractivity contribution in [1.82, 2.24) is 9.55 Å². The Balaban J connectivity index is 0.000000720. The monoisotopic (exact) mass is 180 g/mol. The quantitative estimate of drug-likeness (QED) is 0.617. The van der Waals surface area contributed by atoms with E-state index in [2.05, 4.69) is 17.6 Å². The van der Waals surface area contributed by atoms with Gasteiger partial charge >= 0.3 is 0 Å². The van der Waals surface area contributed by atoms with E-state index >= 15 is 0 Å². The summed E-state index contributed by atoms with van der Waals surface area (Å²) in [6.45, 7) is 0. The fraction of sp³-hybridized carbons (Fsp3) is 0.222. The molecule has 0 radical (unpaired) electrons. The molecule has 2 rings (SSSR count). The molecule has 0 amide bonds. The molecule has 0 aliphatic heterocycles. The minimum atomic E-state index is 0. The van der Waals surface area contributed by atoms with Gasteiger partial charge in [-0.05, 0) is 12.1 Å². The molecule has 3 heteroatoms. The highest BCUT2D eigenvalue weighted by Crippen LogP contribution is 2.15. The summed E-state index contributed by atoms with van der Waals surface area (Å²) >= 11 is 4.21. The highest BCUT2D eigenvalue weighted by molar-refractivity contribution is 7.80. The van der Waals surface area contributed by atoms with Crippen molar-refractivity contribution in [3.8, 4) is 0 Å². The summed E-state index contributed by atoms with van der Waals surface area (Å²) in [6, 6.07) is 7.98. The molecule has 0 N–H and O–H groups in total. The van der Waals surface area contributed by atoms with E-state index in [1.54, 1.807) is 0 Å². The summed E-state index contributed by atoms with van der Waals surface area (Å²) in [6.07, 6.45) is 0. The second-order valence-electron chi connectivity index (χ2n) is 2.46. The summed E-state index contributed by atoms with van der Waals surface area (Å²) in [5, 5.41) is 0.756. The van der Waals surface area contributed by atoms with Crippen LogP contribution in [0.25, 0.3) is 11.0 Å². The lowest BCUT2D eigenvalue weighted by Gasteiger charge is -1.92. The molecule has 0 fully saturated rings. The fourth-order valence-corrected chi connectivity index (χ4v) is 1.35. The lowest BCUT2D eigenvalue weighted by Crippen LogP contribution is -1.86. The number of para-hydroxylation sites is 2. The van der Waals surface area contributed by atoms with Gasteiger partial charge in [-0.3, -0.25) is 0 Å². The number of nitrogens with zero attached hydrogens (tertiary/aromatic N) is 2. The predicted octanol–water partition coefficient (Wildman–Crippen LogP) is 2.50. The average Bonchev–Trinajstić information content (AvgIpc) is 2.30. The first-order chi connectivity index (χ1) is 5.29. The molecule has 0 aliphatic carbocycles. The van der Waals surface area contributed by atoms with Crippen molar-refractivity contribution in [2.24, 2.45) is 7.05 Å². The lowest BCUT2D eigenvalue weighted by molar-refractivity contribution is 0.819. The van der Waals surface area contributed by atoms with Crippen LogP contribution in [-0.4, -0.2) is 9.55 Å². The third kappa shape index (κ3) is 1.20. The largest absolute Gasteiger partial charge is 0.322 e. The number of thiol groups is 1. The molecular weight excluding hydrogens is 168 g/mol. The Labute approximate surface area is 77.6 Å². The number of fused-ring (bicyclic) bond motifs is 1. The normalized spacial score (nSPS) is 9.83. The molecule has 1 aromatic heterocycles. The van der Waals surface area contributed by atoms with Crippen LogP contribution >= 0.6 is 12.6 Å². The van der Waals surface area contributed by atoms with E-state index in [0.29, 0.717) is 0 Å². The van der Waals surface area contributed by atoms with E-state index in [1.165, 1.54) is 0 Å². The second-order valence-corrected chi connectivity index (χ2v) is 2.86. The predicted molar refractivity (Wildman–Crippen MR) is 54.7 cm³/mol. The van der Waals surface area contributed by atoms with E-state index in [4.69, 9.17) is 0 Å². The molecule has 1 aromatic carbocycles. The zero-order valence-electron chi connectivity index (χ0n) is 6.15. The van der Waals surface area contributed by atoms with Gasteiger partial charge in [0.15, 0.2) is 5.16 Å². The van der Waals surface area contributed by atoms with E-state index < -0.39 is 0 Å². The summed E-state index contributed by atoms with van der Waals surface area (Å²) in [4.78, 5) is 4.24. The number of rotatable bonds is 0. The number of aryl methyl sites for hydroxylation is 1. The standard InChI is InChI=1S/C8H8N2S.CH4/c1-10-7-5-3-2-4-6(7)9-8(10)11;/h2-5H,1H3,(H,9,11);1H4. The van der Waals surface area contributed by atoms with Crippen LogP contribution in [0.15, 0.2) is 29.4 Å². The maximum absolute atomic E-state index is 4.24. The average molecular weight is 180 g/mol. The molecule has 2 nitrogen and oxygen atoms in total. The Morgan fingerprint density at radius 2 is 2.00 bits per heavy atom. The molecule has 0 spiro atoms. The highest BCUT2D eigenvalue weighted by atomic mass is 32.1. The minimum Gasteiger partial charge on any atom is -0.322 e. The van der Waals surface area contributed by atoms with Crippen molar-refractivity contribution in [1.29, 1.82) is 0 Å². The molecule has 12 heavy (non-hydrogen) atoms. The maximum atomic E-state index is 4.24. The zero-order chi connectivity index (χ0) is 7.84. The van der Waals surface area contributed by atoms with Crippen molar-refractivity contribution in [2.75, 3.05) is 0 Å². The van der Waals surface area contributed by atoms with Gasteiger partial charge in [0.1, 0.15) is 0 Å². The van der Waals surface area contributed by atoms with Gasteiger partial charge in [-0.1, -0.05) is 19.6 Å². The van der Waals surface area contributed by atoms with Gasteiger partial charge in [-0.2, -0.15) is 0 Å². The van der Waals surface area contributed by atoms with Crippen molar-refractivity contribution in [2.45, 2.75) is 12.6 Å². The van der Waals surface area contributed by atoms with Gasteiger partial charge in [0.25, 0.3) is 0 Å². The Kier molecular flexibility index (Phi) is 2.43. The molecule has 0 unspecified atom stereocenters. The molecule has 0 bridgehead atoms. The molecule has 0 atom stereocenters. The molecule has 0 saturated carbocycles. The van der Waals surface area contributed by atoms with Gasteiger partial charge < -0.3 is 4.57 Å². The number of benzene rings is 1. The third-order valence-electron chi connectivity index (χ3n) is 1.76. The van der Waals surface area contributed by atoms with Crippen LogP contribution in [0.3, 0.4) is 0 Å². The first-order valence-electron chi connectivity index (χ1n) is 3.39. The third-order valence-corrected chi connectivity index (χ3v) is 2.16. The van der Waals surface area contributed by atoms with Gasteiger partial charge in [0, 0.05) is 7.05 Å². The molecule has 0 saturated heterocycles. The van der Waals surface area contributed by atoms with Crippen LogP contribution in [0, 0.1) is 0 Å². The first kappa shape index (κ1) is 9.13. The Morgan fingerprint density at radius 1 is 1.33 bits per heavy atom. The van der Waals surface area contributed by atoms with Crippen LogP contribution < -0.4 is 0 Å².